The summed E-state index contributed by atoms with van der Waals surface area (Å²) >= 11 is 0. The molecule has 2 saturated heterocycles. The van der Waals surface area contributed by atoms with Crippen molar-refractivity contribution in [3.05, 3.63) is 56.7 Å². The minimum absolute atomic E-state index is 0. The molecular formula is C28H50Co2N8. The average Bonchev–Trinajstić information content (AvgIpc) is 2.89. The average molecular weight is 617 g/mol. The summed E-state index contributed by atoms with van der Waals surface area (Å²) in [5.74, 6) is 0. The molecule has 1 aromatic carbocycles. The topological polar surface area (TPSA) is 86.9 Å². The minimum atomic E-state index is 0. The molecule has 0 saturated carbocycles. The van der Waals surface area contributed by atoms with Gasteiger partial charge in [0, 0.05) is 13.1 Å². The van der Waals surface area contributed by atoms with Crippen LogP contribution < -0.4 is 10.6 Å². The zero-order valence-corrected chi connectivity index (χ0v) is 25.3. The molecule has 0 aromatic heterocycles. The molecule has 0 unspecified atom stereocenters. The molecular weight excluding hydrogens is 566 g/mol. The van der Waals surface area contributed by atoms with E-state index in [9.17, 15) is 0 Å². The maximum Gasteiger partial charge on any atom is 2.00 e. The molecule has 1 aromatic rings. The smallest absolute Gasteiger partial charge is 0.661 e. The van der Waals surface area contributed by atoms with E-state index in [1.165, 1.54) is 11.1 Å². The van der Waals surface area contributed by atoms with Gasteiger partial charge >= 0.3 is 33.6 Å². The Morgan fingerprint density at radius 1 is 0.474 bits per heavy atom. The quantitative estimate of drug-likeness (QED) is 0.542. The fourth-order valence-electron chi connectivity index (χ4n) is 4.69. The van der Waals surface area contributed by atoms with Crippen LogP contribution in [0.2, 0.25) is 0 Å². The van der Waals surface area contributed by atoms with Crippen LogP contribution in [0.5, 0.6) is 0 Å². The first kappa shape index (κ1) is 35.9. The number of nitrogens with one attached hydrogen (secondary N) is 2. The predicted molar refractivity (Wildman–Crippen MR) is 154 cm³/mol. The summed E-state index contributed by atoms with van der Waals surface area (Å²) in [6.45, 7) is 17.9. The third-order valence-corrected chi connectivity index (χ3v) is 6.80. The van der Waals surface area contributed by atoms with Crippen molar-refractivity contribution in [1.29, 1.82) is 0 Å². The van der Waals surface area contributed by atoms with Gasteiger partial charge in [-0.2, -0.15) is 0 Å². The van der Waals surface area contributed by atoms with Gasteiger partial charge in [-0.25, -0.2) is 0 Å². The molecule has 2 heterocycles. The molecule has 0 amide bonds. The van der Waals surface area contributed by atoms with Gasteiger partial charge in [-0.05, 0) is 63.5 Å². The van der Waals surface area contributed by atoms with E-state index < -0.39 is 0 Å². The molecule has 0 spiro atoms. The van der Waals surface area contributed by atoms with Gasteiger partial charge in [0.25, 0.3) is 0 Å². The van der Waals surface area contributed by atoms with Crippen LogP contribution in [-0.2, 0) is 46.6 Å². The van der Waals surface area contributed by atoms with E-state index in [2.05, 4.69) is 55.3 Å². The van der Waals surface area contributed by atoms with Crippen molar-refractivity contribution < 1.29 is 33.6 Å². The second-order valence-corrected chi connectivity index (χ2v) is 9.97. The number of hydrogen-bond donors (Lipinski definition) is 2. The second kappa shape index (κ2) is 24.7. The molecule has 3 rings (SSSR count). The van der Waals surface area contributed by atoms with Crippen LogP contribution >= 0.6 is 0 Å². The van der Waals surface area contributed by atoms with Crippen LogP contribution in [0.1, 0.15) is 36.8 Å². The summed E-state index contributed by atoms with van der Waals surface area (Å²) in [6, 6.07) is 9.30. The molecule has 8 nitrogen and oxygen atoms in total. The number of benzene rings is 1. The fourth-order valence-corrected chi connectivity index (χ4v) is 4.69. The van der Waals surface area contributed by atoms with E-state index >= 15 is 0 Å². The molecule has 2 aliphatic heterocycles. The van der Waals surface area contributed by atoms with Crippen molar-refractivity contribution in [2.45, 2.75) is 38.8 Å². The van der Waals surface area contributed by atoms with Gasteiger partial charge in [0.2, 0.25) is 0 Å². The molecule has 10 heteroatoms. The Bertz CT molecular complexity index is 569. The summed E-state index contributed by atoms with van der Waals surface area (Å²) in [6.07, 6.45) is 4.50. The summed E-state index contributed by atoms with van der Waals surface area (Å²) in [5.41, 5.74) is 2.79. The Morgan fingerprint density at radius 2 is 0.868 bits per heavy atom. The number of hydrogen-bond acceptors (Lipinski definition) is 4. The minimum Gasteiger partial charge on any atom is -0.661 e. The van der Waals surface area contributed by atoms with Gasteiger partial charge in [-0.15, -0.1) is 52.4 Å². The maximum absolute atomic E-state index is 4.75. The first-order valence-corrected chi connectivity index (χ1v) is 14.4. The Balaban J connectivity index is 0.00000361. The third-order valence-electron chi connectivity index (χ3n) is 6.80. The number of nitrogens with zero attached hydrogens (tertiary/aromatic N) is 6. The van der Waals surface area contributed by atoms with Gasteiger partial charge in [-0.3, -0.25) is 0 Å². The van der Waals surface area contributed by atoms with Crippen molar-refractivity contribution in [2.24, 2.45) is 0 Å². The Morgan fingerprint density at radius 3 is 1.32 bits per heavy atom. The molecule has 0 aliphatic carbocycles. The van der Waals surface area contributed by atoms with Gasteiger partial charge < -0.3 is 41.7 Å². The van der Waals surface area contributed by atoms with E-state index in [0.29, 0.717) is 0 Å². The van der Waals surface area contributed by atoms with Crippen LogP contribution in [-0.4, -0.2) is 115 Å². The Kier molecular flexibility index (Phi) is 23.3. The molecule has 2 N–H and O–H groups in total. The first-order valence-electron chi connectivity index (χ1n) is 14.4. The van der Waals surface area contributed by atoms with E-state index in [-0.39, 0.29) is 33.6 Å². The van der Waals surface area contributed by atoms with E-state index in [1.807, 2.05) is 0 Å². The monoisotopic (exact) mass is 616 g/mol. The van der Waals surface area contributed by atoms with E-state index in [1.54, 1.807) is 0 Å². The maximum atomic E-state index is 4.75. The largest absolute Gasteiger partial charge is 2.00 e. The summed E-state index contributed by atoms with van der Waals surface area (Å²) in [4.78, 5) is 5.11. The second-order valence-electron chi connectivity index (χ2n) is 9.97. The van der Waals surface area contributed by atoms with Crippen molar-refractivity contribution in [3.8, 4) is 0 Å². The van der Waals surface area contributed by atoms with E-state index in [0.717, 1.165) is 143 Å². The normalized spacial score (nSPS) is 21.7. The van der Waals surface area contributed by atoms with E-state index in [4.69, 9.17) is 10.6 Å². The molecule has 2 radical (unpaired) electrons. The summed E-state index contributed by atoms with van der Waals surface area (Å²) in [5, 5.41) is 25.8. The van der Waals surface area contributed by atoms with Crippen molar-refractivity contribution in [3.63, 3.8) is 0 Å². The predicted octanol–water partition coefficient (Wildman–Crippen LogP) is 3.55. The van der Waals surface area contributed by atoms with Gasteiger partial charge in [0.1, 0.15) is 0 Å². The molecule has 220 valence electrons. The van der Waals surface area contributed by atoms with Crippen LogP contribution in [0.4, 0.5) is 0 Å². The Labute approximate surface area is 253 Å². The van der Waals surface area contributed by atoms with Crippen LogP contribution in [0.15, 0.2) is 24.3 Å². The van der Waals surface area contributed by atoms with Crippen LogP contribution in [0.25, 0.3) is 21.3 Å². The molecule has 38 heavy (non-hydrogen) atoms. The standard InChI is InChI=1S/C28H50N8.2Co/c1-9-29-15-17-31-13-3-21-35(23-19-33-11-1)25-27-5-7-28(8-6-27)26-36-22-4-14-32-18-16-30-10-2-12-34-20-24-36;;/h5-8,29-30H,1-4,9-26H2;;/q-4;2*+2. The summed E-state index contributed by atoms with van der Waals surface area (Å²) < 4.78 is 0. The van der Waals surface area contributed by atoms with Crippen LogP contribution in [0.3, 0.4) is 0 Å². The fraction of sp³-hybridized carbons (Fsp3) is 0.786. The van der Waals surface area contributed by atoms with Gasteiger partial charge in [-0.1, -0.05) is 49.9 Å². The first-order chi connectivity index (χ1) is 17.9. The number of rotatable bonds is 4. The Hall–Kier alpha value is -0.0870. The van der Waals surface area contributed by atoms with Crippen LogP contribution in [0, 0.1) is 0 Å². The van der Waals surface area contributed by atoms with Crippen molar-refractivity contribution in [1.82, 2.24) is 20.4 Å². The zero-order valence-electron chi connectivity index (χ0n) is 23.2. The van der Waals surface area contributed by atoms with Crippen molar-refractivity contribution >= 4 is 0 Å². The molecule has 2 fully saturated rings. The van der Waals surface area contributed by atoms with Gasteiger partial charge in [0.05, 0.1) is 0 Å². The summed E-state index contributed by atoms with van der Waals surface area (Å²) in [7, 11) is 0. The van der Waals surface area contributed by atoms with Gasteiger partial charge in [0.15, 0.2) is 0 Å². The third kappa shape index (κ3) is 17.6. The zero-order chi connectivity index (χ0) is 24.9. The molecule has 2 aliphatic rings. The molecule has 0 atom stereocenters. The molecule has 0 bridgehead atoms. The SMILES string of the molecule is [Co+2].[Co+2].c1cc(CN2CCC[N-]CCNCCC[N-]CC2)ccc1CN1CCC[N-]CCNCCC[N-]CC1. The van der Waals surface area contributed by atoms with Crippen molar-refractivity contribution in [2.75, 3.05) is 105 Å².